The summed E-state index contributed by atoms with van der Waals surface area (Å²) in [6.07, 6.45) is 0. The lowest BCUT2D eigenvalue weighted by Crippen LogP contribution is -1.90. The van der Waals surface area contributed by atoms with Crippen LogP contribution in [-0.2, 0) is 5.75 Å². The molecule has 1 heterocycles. The molecule has 2 aromatic carbocycles. The van der Waals surface area contributed by atoms with Gasteiger partial charge in [0, 0.05) is 16.3 Å². The Balaban J connectivity index is 1.79. The number of hydrogen-bond donors (Lipinski definition) is 1. The quantitative estimate of drug-likeness (QED) is 0.664. The van der Waals surface area contributed by atoms with Crippen LogP contribution in [0.3, 0.4) is 0 Å². The summed E-state index contributed by atoms with van der Waals surface area (Å²) in [6, 6.07) is 8.50. The van der Waals surface area contributed by atoms with Gasteiger partial charge in [0.25, 0.3) is 0 Å². The zero-order valence-corrected chi connectivity index (χ0v) is 14.1. The number of ether oxygens (including phenoxy) is 1. The topological polar surface area (TPSA) is 50.8 Å². The Morgan fingerprint density at radius 1 is 1.21 bits per heavy atom. The van der Waals surface area contributed by atoms with E-state index in [2.05, 4.69) is 15.2 Å². The summed E-state index contributed by atoms with van der Waals surface area (Å²) < 4.78 is 32.1. The second-order valence-electron chi connectivity index (χ2n) is 4.84. The van der Waals surface area contributed by atoms with Crippen molar-refractivity contribution < 1.29 is 13.5 Å². The highest BCUT2D eigenvalue weighted by atomic mass is 35.5. The molecule has 24 heavy (non-hydrogen) atoms. The number of nitrogens with one attached hydrogen (secondary N) is 1. The first-order chi connectivity index (χ1) is 11.6. The fourth-order valence-electron chi connectivity index (χ4n) is 2.09. The van der Waals surface area contributed by atoms with Crippen LogP contribution in [-0.4, -0.2) is 22.3 Å². The highest BCUT2D eigenvalue weighted by Crippen LogP contribution is 2.31. The third-order valence-corrected chi connectivity index (χ3v) is 4.38. The lowest BCUT2D eigenvalue weighted by Gasteiger charge is -2.05. The summed E-state index contributed by atoms with van der Waals surface area (Å²) in [5.74, 6) is 0.357. The first kappa shape index (κ1) is 16.7. The van der Waals surface area contributed by atoms with E-state index in [1.165, 1.54) is 11.8 Å². The maximum absolute atomic E-state index is 13.6. The minimum atomic E-state index is -0.480. The largest absolute Gasteiger partial charge is 0.496 e. The Hall–Kier alpha value is -2.12. The molecule has 1 N–H and O–H groups in total. The summed E-state index contributed by atoms with van der Waals surface area (Å²) in [5.41, 5.74) is 0.924. The maximum atomic E-state index is 13.6. The van der Waals surface area contributed by atoms with Gasteiger partial charge in [-0.3, -0.25) is 5.10 Å². The van der Waals surface area contributed by atoms with E-state index < -0.39 is 11.6 Å². The minimum Gasteiger partial charge on any atom is -0.496 e. The Morgan fingerprint density at radius 3 is 2.83 bits per heavy atom. The van der Waals surface area contributed by atoms with Crippen molar-refractivity contribution in [3.05, 3.63) is 58.6 Å². The van der Waals surface area contributed by atoms with E-state index in [0.717, 1.165) is 18.2 Å². The van der Waals surface area contributed by atoms with E-state index in [-0.39, 0.29) is 11.3 Å². The van der Waals surface area contributed by atoms with Gasteiger partial charge in [-0.15, -0.1) is 5.10 Å². The molecule has 0 atom stereocenters. The van der Waals surface area contributed by atoms with Crippen molar-refractivity contribution in [2.75, 3.05) is 7.11 Å². The second kappa shape index (κ2) is 7.19. The normalized spacial score (nSPS) is 10.8. The minimum absolute atomic E-state index is 0.216. The summed E-state index contributed by atoms with van der Waals surface area (Å²) in [6.45, 7) is 0. The van der Waals surface area contributed by atoms with Crippen LogP contribution in [0.4, 0.5) is 8.78 Å². The lowest BCUT2D eigenvalue weighted by atomic mass is 10.2. The van der Waals surface area contributed by atoms with Crippen molar-refractivity contribution in [3.8, 4) is 17.1 Å². The number of H-pyrrole nitrogens is 1. The first-order valence-electron chi connectivity index (χ1n) is 6.90. The van der Waals surface area contributed by atoms with Crippen molar-refractivity contribution in [2.45, 2.75) is 10.9 Å². The molecule has 0 saturated carbocycles. The van der Waals surface area contributed by atoms with Gasteiger partial charge in [0.1, 0.15) is 17.4 Å². The van der Waals surface area contributed by atoms with E-state index in [0.29, 0.717) is 27.3 Å². The summed E-state index contributed by atoms with van der Waals surface area (Å²) in [4.78, 5) is 4.34. The van der Waals surface area contributed by atoms with Gasteiger partial charge in [-0.25, -0.2) is 13.8 Å². The number of benzene rings is 2. The van der Waals surface area contributed by atoms with Crippen molar-refractivity contribution in [3.63, 3.8) is 0 Å². The standard InChI is InChI=1S/C16H12ClF2N3OS/c1-23-14-5-2-10(17)7-12(14)15-20-16(22-21-15)24-8-9-6-11(18)3-4-13(9)19/h2-7H,8H2,1H3,(H,20,21,22). The third-order valence-electron chi connectivity index (χ3n) is 3.25. The molecule has 3 aromatic rings. The number of halogens is 3. The molecule has 0 bridgehead atoms. The highest BCUT2D eigenvalue weighted by Gasteiger charge is 2.13. The number of methoxy groups -OCH3 is 1. The smallest absolute Gasteiger partial charge is 0.209 e. The fraction of sp³-hybridized carbons (Fsp3) is 0.125. The zero-order chi connectivity index (χ0) is 17.1. The Kier molecular flexibility index (Phi) is 5.01. The fourth-order valence-corrected chi connectivity index (χ4v) is 3.04. The molecule has 4 nitrogen and oxygen atoms in total. The van der Waals surface area contributed by atoms with Crippen LogP contribution in [0.5, 0.6) is 5.75 Å². The van der Waals surface area contributed by atoms with Gasteiger partial charge < -0.3 is 4.74 Å². The Labute approximate surface area is 146 Å². The van der Waals surface area contributed by atoms with E-state index >= 15 is 0 Å². The van der Waals surface area contributed by atoms with Gasteiger partial charge in [0.05, 0.1) is 12.7 Å². The maximum Gasteiger partial charge on any atom is 0.209 e. The van der Waals surface area contributed by atoms with Crippen molar-refractivity contribution >= 4 is 23.4 Å². The molecule has 0 aliphatic carbocycles. The van der Waals surface area contributed by atoms with Crippen molar-refractivity contribution in [2.24, 2.45) is 0 Å². The second-order valence-corrected chi connectivity index (χ2v) is 6.21. The van der Waals surface area contributed by atoms with Crippen LogP contribution in [0.15, 0.2) is 41.6 Å². The molecular formula is C16H12ClF2N3OS. The van der Waals surface area contributed by atoms with E-state index in [1.54, 1.807) is 25.3 Å². The lowest BCUT2D eigenvalue weighted by molar-refractivity contribution is 0.416. The highest BCUT2D eigenvalue weighted by molar-refractivity contribution is 7.98. The molecule has 0 aliphatic heterocycles. The van der Waals surface area contributed by atoms with Crippen LogP contribution in [0, 0.1) is 11.6 Å². The number of thioether (sulfide) groups is 1. The van der Waals surface area contributed by atoms with Crippen LogP contribution < -0.4 is 4.74 Å². The van der Waals surface area contributed by atoms with E-state index in [9.17, 15) is 8.78 Å². The van der Waals surface area contributed by atoms with E-state index in [1.807, 2.05) is 0 Å². The molecule has 0 spiro atoms. The van der Waals surface area contributed by atoms with E-state index in [4.69, 9.17) is 16.3 Å². The summed E-state index contributed by atoms with van der Waals surface area (Å²) >= 11 is 7.20. The number of aromatic amines is 1. The number of aromatic nitrogens is 3. The van der Waals surface area contributed by atoms with Gasteiger partial charge in [0.15, 0.2) is 5.82 Å². The molecule has 0 radical (unpaired) electrons. The van der Waals surface area contributed by atoms with Crippen molar-refractivity contribution in [1.82, 2.24) is 15.2 Å². The van der Waals surface area contributed by atoms with Crippen LogP contribution in [0.2, 0.25) is 5.02 Å². The van der Waals surface area contributed by atoms with Crippen LogP contribution in [0.1, 0.15) is 5.56 Å². The van der Waals surface area contributed by atoms with Gasteiger partial charge in [-0.2, -0.15) is 0 Å². The monoisotopic (exact) mass is 367 g/mol. The molecule has 0 aliphatic rings. The number of nitrogens with zero attached hydrogens (tertiary/aromatic N) is 2. The molecule has 0 unspecified atom stereocenters. The molecular weight excluding hydrogens is 356 g/mol. The molecule has 8 heteroatoms. The molecule has 0 amide bonds. The van der Waals surface area contributed by atoms with Crippen molar-refractivity contribution in [1.29, 1.82) is 0 Å². The zero-order valence-electron chi connectivity index (χ0n) is 12.5. The summed E-state index contributed by atoms with van der Waals surface area (Å²) in [5, 5.41) is 7.83. The molecule has 0 saturated heterocycles. The average molecular weight is 368 g/mol. The van der Waals surface area contributed by atoms with Gasteiger partial charge in [-0.1, -0.05) is 23.4 Å². The average Bonchev–Trinajstić information content (AvgIpc) is 3.04. The molecule has 1 aromatic heterocycles. The Morgan fingerprint density at radius 2 is 2.04 bits per heavy atom. The number of rotatable bonds is 5. The predicted molar refractivity (Wildman–Crippen MR) is 89.3 cm³/mol. The third kappa shape index (κ3) is 3.68. The number of hydrogen-bond acceptors (Lipinski definition) is 4. The molecule has 0 fully saturated rings. The van der Waals surface area contributed by atoms with Gasteiger partial charge in [0.2, 0.25) is 5.16 Å². The molecule has 3 rings (SSSR count). The van der Waals surface area contributed by atoms with Crippen LogP contribution in [0.25, 0.3) is 11.4 Å². The first-order valence-corrected chi connectivity index (χ1v) is 8.26. The molecule has 124 valence electrons. The Bertz CT molecular complexity index is 872. The predicted octanol–water partition coefficient (Wildman–Crippen LogP) is 4.70. The summed E-state index contributed by atoms with van der Waals surface area (Å²) in [7, 11) is 1.55. The SMILES string of the molecule is COc1ccc(Cl)cc1-c1nc(SCc2cc(F)ccc2F)n[nH]1. The van der Waals surface area contributed by atoms with Gasteiger partial charge >= 0.3 is 0 Å². The van der Waals surface area contributed by atoms with Gasteiger partial charge in [-0.05, 0) is 36.4 Å². The van der Waals surface area contributed by atoms with Crippen LogP contribution >= 0.6 is 23.4 Å².